The third kappa shape index (κ3) is 4.11. The van der Waals surface area contributed by atoms with Crippen LogP contribution in [-0.2, 0) is 0 Å². The Morgan fingerprint density at radius 3 is 2.59 bits per heavy atom. The highest BCUT2D eigenvalue weighted by molar-refractivity contribution is 5.86. The Kier molecular flexibility index (Phi) is 5.76. The van der Waals surface area contributed by atoms with E-state index in [1.165, 1.54) is 29.1 Å². The molecule has 0 saturated heterocycles. The van der Waals surface area contributed by atoms with Crippen molar-refractivity contribution in [1.82, 2.24) is 14.9 Å². The van der Waals surface area contributed by atoms with Gasteiger partial charge in [0.25, 0.3) is 0 Å². The molecule has 8 heteroatoms. The van der Waals surface area contributed by atoms with Gasteiger partial charge in [0.05, 0.1) is 11.4 Å². The summed E-state index contributed by atoms with van der Waals surface area (Å²) in [4.78, 5) is 12.5. The van der Waals surface area contributed by atoms with Gasteiger partial charge < -0.3 is 15.2 Å². The van der Waals surface area contributed by atoms with Gasteiger partial charge in [-0.3, -0.25) is 4.79 Å². The van der Waals surface area contributed by atoms with Crippen molar-refractivity contribution < 1.29 is 8.91 Å². The quantitative estimate of drug-likeness (QED) is 0.431. The molecule has 0 atom stereocenters. The molecule has 0 bridgehead atoms. The van der Waals surface area contributed by atoms with Crippen molar-refractivity contribution in [3.8, 4) is 16.8 Å². The van der Waals surface area contributed by atoms with Gasteiger partial charge in [-0.15, -0.1) is 0 Å². The van der Waals surface area contributed by atoms with E-state index in [1.54, 1.807) is 26.0 Å². The molecule has 0 fully saturated rings. The second kappa shape index (κ2) is 8.81. The Morgan fingerprint density at radius 2 is 1.94 bits per heavy atom. The van der Waals surface area contributed by atoms with Gasteiger partial charge in [0, 0.05) is 29.7 Å². The van der Waals surface area contributed by atoms with Gasteiger partial charge in [-0.05, 0) is 49.8 Å². The number of nitrogens with zero attached hydrogens (tertiary/aromatic N) is 3. The van der Waals surface area contributed by atoms with Gasteiger partial charge in [0.2, 0.25) is 5.43 Å². The highest BCUT2D eigenvalue weighted by Crippen LogP contribution is 2.29. The lowest BCUT2D eigenvalue weighted by molar-refractivity contribution is 0.393. The van der Waals surface area contributed by atoms with Gasteiger partial charge >= 0.3 is 0 Å². The SMILES string of the molecule is Cc1noc(C)c1-c1ccc(-n2ccc(=O)c(/C(=C/C=N)Nc3ccccc3)n2)c(F)c1. The van der Waals surface area contributed by atoms with Crippen LogP contribution in [0.15, 0.2) is 76.2 Å². The molecule has 0 amide bonds. The molecule has 7 nitrogen and oxygen atoms in total. The Balaban J connectivity index is 1.74. The molecular formula is C24H20FN5O2. The fourth-order valence-corrected chi connectivity index (χ4v) is 3.41. The van der Waals surface area contributed by atoms with E-state index < -0.39 is 5.82 Å². The molecule has 0 aliphatic heterocycles. The zero-order valence-electron chi connectivity index (χ0n) is 17.5. The minimum atomic E-state index is -0.516. The van der Waals surface area contributed by atoms with Gasteiger partial charge in [0.1, 0.15) is 17.3 Å². The van der Waals surface area contributed by atoms with E-state index in [9.17, 15) is 4.79 Å². The van der Waals surface area contributed by atoms with Crippen molar-refractivity contribution in [2.45, 2.75) is 13.8 Å². The van der Waals surface area contributed by atoms with Gasteiger partial charge in [-0.25, -0.2) is 9.07 Å². The van der Waals surface area contributed by atoms with E-state index in [1.807, 2.05) is 30.3 Å². The third-order valence-electron chi connectivity index (χ3n) is 4.88. The first-order valence-electron chi connectivity index (χ1n) is 9.84. The lowest BCUT2D eigenvalue weighted by Gasteiger charge is -2.13. The predicted octanol–water partition coefficient (Wildman–Crippen LogP) is 4.75. The third-order valence-corrected chi connectivity index (χ3v) is 4.88. The summed E-state index contributed by atoms with van der Waals surface area (Å²) in [5.41, 5.74) is 3.00. The molecule has 0 aliphatic rings. The zero-order chi connectivity index (χ0) is 22.7. The Bertz CT molecular complexity index is 1350. The largest absolute Gasteiger partial charge is 0.361 e. The monoisotopic (exact) mass is 429 g/mol. The van der Waals surface area contributed by atoms with Crippen LogP contribution in [0.4, 0.5) is 10.1 Å². The number of hydrogen-bond donors (Lipinski definition) is 2. The van der Waals surface area contributed by atoms with Gasteiger partial charge in [-0.1, -0.05) is 29.4 Å². The summed E-state index contributed by atoms with van der Waals surface area (Å²) in [5.74, 6) is 0.0880. The molecule has 4 rings (SSSR count). The Labute approximate surface area is 183 Å². The number of allylic oxidation sites excluding steroid dienone is 1. The minimum Gasteiger partial charge on any atom is -0.361 e. The van der Waals surface area contributed by atoms with E-state index in [-0.39, 0.29) is 16.8 Å². The maximum Gasteiger partial charge on any atom is 0.209 e. The van der Waals surface area contributed by atoms with Crippen LogP contribution in [0.3, 0.4) is 0 Å². The Hall–Kier alpha value is -4.33. The lowest BCUT2D eigenvalue weighted by atomic mass is 10.0. The van der Waals surface area contributed by atoms with Gasteiger partial charge in [-0.2, -0.15) is 5.10 Å². The summed E-state index contributed by atoms with van der Waals surface area (Å²) in [6.07, 6.45) is 3.89. The van der Waals surface area contributed by atoms with Crippen molar-refractivity contribution in [1.29, 1.82) is 5.41 Å². The first-order chi connectivity index (χ1) is 15.5. The fraction of sp³-hybridized carbons (Fsp3) is 0.0833. The van der Waals surface area contributed by atoms with Crippen molar-refractivity contribution in [2.75, 3.05) is 5.32 Å². The number of aryl methyl sites for hydroxylation is 2. The number of halogens is 1. The normalized spacial score (nSPS) is 11.4. The van der Waals surface area contributed by atoms with Crippen LogP contribution in [-0.4, -0.2) is 21.2 Å². The molecule has 160 valence electrons. The topological polar surface area (TPSA) is 96.8 Å². The molecule has 0 aliphatic carbocycles. The number of anilines is 1. The summed E-state index contributed by atoms with van der Waals surface area (Å²) in [6, 6.07) is 15.2. The minimum absolute atomic E-state index is 0.0639. The van der Waals surface area contributed by atoms with Gasteiger partial charge in [0.15, 0.2) is 5.69 Å². The van der Waals surface area contributed by atoms with Crippen molar-refractivity contribution in [3.05, 3.63) is 100 Å². The van der Waals surface area contributed by atoms with E-state index >= 15 is 4.39 Å². The van der Waals surface area contributed by atoms with Crippen LogP contribution in [0.25, 0.3) is 22.5 Å². The molecule has 2 aromatic heterocycles. The second-order valence-corrected chi connectivity index (χ2v) is 7.08. The summed E-state index contributed by atoms with van der Waals surface area (Å²) in [7, 11) is 0. The molecule has 2 aromatic carbocycles. The summed E-state index contributed by atoms with van der Waals surface area (Å²) >= 11 is 0. The molecule has 0 saturated carbocycles. The molecule has 0 spiro atoms. The summed E-state index contributed by atoms with van der Waals surface area (Å²) in [5, 5.41) is 18.8. The molecule has 32 heavy (non-hydrogen) atoms. The second-order valence-electron chi connectivity index (χ2n) is 7.08. The predicted molar refractivity (Wildman–Crippen MR) is 122 cm³/mol. The van der Waals surface area contributed by atoms with Crippen molar-refractivity contribution in [2.24, 2.45) is 0 Å². The average Bonchev–Trinajstić information content (AvgIpc) is 3.12. The van der Waals surface area contributed by atoms with Crippen LogP contribution in [0, 0.1) is 25.1 Å². The first kappa shape index (κ1) is 20.9. The zero-order valence-corrected chi connectivity index (χ0v) is 17.5. The Morgan fingerprint density at radius 1 is 1.16 bits per heavy atom. The highest BCUT2D eigenvalue weighted by atomic mass is 19.1. The van der Waals surface area contributed by atoms with Crippen LogP contribution in [0.5, 0.6) is 0 Å². The van der Waals surface area contributed by atoms with Crippen LogP contribution >= 0.6 is 0 Å². The van der Waals surface area contributed by atoms with E-state index in [0.29, 0.717) is 22.7 Å². The number of rotatable bonds is 6. The average molecular weight is 429 g/mol. The molecular weight excluding hydrogens is 409 g/mol. The summed E-state index contributed by atoms with van der Waals surface area (Å²) < 4.78 is 21.5. The van der Waals surface area contributed by atoms with Crippen molar-refractivity contribution >= 4 is 17.6 Å². The lowest BCUT2D eigenvalue weighted by Crippen LogP contribution is -2.18. The maximum absolute atomic E-state index is 15.1. The maximum atomic E-state index is 15.1. The summed E-state index contributed by atoms with van der Waals surface area (Å²) in [6.45, 7) is 3.57. The van der Waals surface area contributed by atoms with Crippen LogP contribution in [0.1, 0.15) is 17.1 Å². The molecule has 0 unspecified atom stereocenters. The standard InChI is InChI=1S/C24H20FN5O2/c1-15-23(16(2)32-29-15)17-8-9-21(19(25)14-17)30-13-11-22(31)24(28-30)20(10-12-26)27-18-6-4-3-5-7-18/h3-14,26-27H,1-2H3/b20-10-,26-12?. The smallest absolute Gasteiger partial charge is 0.209 e. The van der Waals surface area contributed by atoms with Crippen LogP contribution < -0.4 is 10.7 Å². The molecule has 0 radical (unpaired) electrons. The molecule has 2 N–H and O–H groups in total. The number of hydrogen-bond acceptors (Lipinski definition) is 6. The molecule has 4 aromatic rings. The number of benzene rings is 2. The fourth-order valence-electron chi connectivity index (χ4n) is 3.41. The van der Waals surface area contributed by atoms with E-state index in [0.717, 1.165) is 17.5 Å². The molecule has 2 heterocycles. The van der Waals surface area contributed by atoms with Crippen molar-refractivity contribution in [3.63, 3.8) is 0 Å². The number of para-hydroxylation sites is 1. The number of aromatic nitrogens is 3. The number of nitrogens with one attached hydrogen (secondary N) is 2. The van der Waals surface area contributed by atoms with Crippen LogP contribution in [0.2, 0.25) is 0 Å². The highest BCUT2D eigenvalue weighted by Gasteiger charge is 2.16. The van der Waals surface area contributed by atoms with E-state index in [4.69, 9.17) is 9.93 Å². The van der Waals surface area contributed by atoms with E-state index in [2.05, 4.69) is 15.6 Å². The first-order valence-corrected chi connectivity index (χ1v) is 9.84.